The smallest absolute Gasteiger partial charge is 0.277 e. The number of nitrogens with zero attached hydrogens (tertiary/aromatic N) is 2. The zero-order chi connectivity index (χ0) is 33.8. The van der Waals surface area contributed by atoms with E-state index in [1.54, 1.807) is 42.5 Å². The summed E-state index contributed by atoms with van der Waals surface area (Å²) in [5.41, 5.74) is 0.677. The molecule has 0 aliphatic rings. The molecule has 246 valence electrons. The van der Waals surface area contributed by atoms with Gasteiger partial charge in [-0.05, 0) is 75.1 Å². The van der Waals surface area contributed by atoms with Crippen molar-refractivity contribution in [2.24, 2.45) is 0 Å². The molecule has 47 heavy (non-hydrogen) atoms. The van der Waals surface area contributed by atoms with Gasteiger partial charge in [0.15, 0.2) is 11.9 Å². The Hall–Kier alpha value is -4.49. The van der Waals surface area contributed by atoms with Gasteiger partial charge in [0, 0.05) is 17.3 Å². The summed E-state index contributed by atoms with van der Waals surface area (Å²) in [4.78, 5) is 47.4. The highest BCUT2D eigenvalue weighted by molar-refractivity contribution is 7.98. The van der Waals surface area contributed by atoms with Crippen LogP contribution in [0.4, 0.5) is 11.5 Å². The summed E-state index contributed by atoms with van der Waals surface area (Å²) in [5, 5.41) is 8.55. The molecule has 11 nitrogen and oxygen atoms in total. The summed E-state index contributed by atoms with van der Waals surface area (Å²) in [7, 11) is 0. The van der Waals surface area contributed by atoms with E-state index in [2.05, 4.69) is 25.9 Å². The number of halogens is 1. The third kappa shape index (κ3) is 10.8. The van der Waals surface area contributed by atoms with Gasteiger partial charge in [0.1, 0.15) is 24.3 Å². The van der Waals surface area contributed by atoms with Crippen LogP contribution in [0, 0.1) is 0 Å². The fraction of sp³-hybridized carbons (Fsp3) is 0.265. The molecule has 0 saturated heterocycles. The second kappa shape index (κ2) is 16.9. The molecular weight excluding hydrogens is 642 g/mol. The Morgan fingerprint density at radius 2 is 1.77 bits per heavy atom. The van der Waals surface area contributed by atoms with Crippen LogP contribution in [0.1, 0.15) is 47.2 Å². The maximum absolute atomic E-state index is 13.7. The number of pyridine rings is 2. The van der Waals surface area contributed by atoms with Gasteiger partial charge in [-0.3, -0.25) is 14.4 Å². The molecule has 4 rings (SSSR count). The van der Waals surface area contributed by atoms with E-state index in [4.69, 9.17) is 25.8 Å². The second-order valence-corrected chi connectivity index (χ2v) is 12.4. The summed E-state index contributed by atoms with van der Waals surface area (Å²) in [5.74, 6) is -0.568. The lowest BCUT2D eigenvalue weighted by molar-refractivity contribution is -0.157. The normalized spacial score (nSPS) is 12.4. The monoisotopic (exact) mass is 677 g/mol. The SMILES string of the molecule is CSc1ccc(C(=O)Nc2cccnc2C(=O)Nc2ccc(Cl)cn2)c(OC[C@H](OCc2ccccc2)C(NC=O)OC(C)(C)C)c1. The van der Waals surface area contributed by atoms with E-state index < -0.39 is 29.7 Å². The molecule has 2 aromatic carbocycles. The zero-order valence-electron chi connectivity index (χ0n) is 26.4. The van der Waals surface area contributed by atoms with E-state index in [0.29, 0.717) is 11.4 Å². The van der Waals surface area contributed by atoms with Crippen molar-refractivity contribution in [3.63, 3.8) is 0 Å². The first-order chi connectivity index (χ1) is 22.6. The van der Waals surface area contributed by atoms with Crippen LogP contribution in [0.2, 0.25) is 5.02 Å². The molecule has 13 heteroatoms. The van der Waals surface area contributed by atoms with Crippen LogP contribution in [-0.2, 0) is 20.9 Å². The number of rotatable bonds is 15. The van der Waals surface area contributed by atoms with Crippen LogP contribution in [-0.4, -0.2) is 59.0 Å². The molecule has 4 aromatic rings. The Bertz CT molecular complexity index is 1650. The highest BCUT2D eigenvalue weighted by atomic mass is 35.5. The summed E-state index contributed by atoms with van der Waals surface area (Å²) in [6.45, 7) is 5.76. The summed E-state index contributed by atoms with van der Waals surface area (Å²) >= 11 is 7.37. The van der Waals surface area contributed by atoms with Gasteiger partial charge in [-0.25, -0.2) is 9.97 Å². The van der Waals surface area contributed by atoms with Crippen LogP contribution in [0.25, 0.3) is 0 Å². The first-order valence-electron chi connectivity index (χ1n) is 14.6. The van der Waals surface area contributed by atoms with Crippen molar-refractivity contribution >= 4 is 53.1 Å². The van der Waals surface area contributed by atoms with Crippen molar-refractivity contribution in [1.82, 2.24) is 15.3 Å². The Morgan fingerprint density at radius 1 is 0.979 bits per heavy atom. The van der Waals surface area contributed by atoms with Crippen molar-refractivity contribution < 1.29 is 28.6 Å². The van der Waals surface area contributed by atoms with Gasteiger partial charge >= 0.3 is 0 Å². The topological polar surface area (TPSA) is 141 Å². The maximum Gasteiger partial charge on any atom is 0.277 e. The summed E-state index contributed by atoms with van der Waals surface area (Å²) in [6, 6.07) is 21.0. The molecule has 3 N–H and O–H groups in total. The van der Waals surface area contributed by atoms with Crippen molar-refractivity contribution in [2.45, 2.75) is 50.2 Å². The lowest BCUT2D eigenvalue weighted by Gasteiger charge is -2.32. The van der Waals surface area contributed by atoms with Gasteiger partial charge < -0.3 is 30.2 Å². The van der Waals surface area contributed by atoms with E-state index >= 15 is 0 Å². The largest absolute Gasteiger partial charge is 0.490 e. The number of amides is 3. The number of carbonyl (C=O) groups is 3. The van der Waals surface area contributed by atoms with Crippen LogP contribution in [0.5, 0.6) is 5.75 Å². The Morgan fingerprint density at radius 3 is 2.45 bits per heavy atom. The van der Waals surface area contributed by atoms with Crippen molar-refractivity contribution in [3.8, 4) is 5.75 Å². The molecule has 0 spiro atoms. The Labute approximate surface area is 282 Å². The highest BCUT2D eigenvalue weighted by Crippen LogP contribution is 2.28. The summed E-state index contributed by atoms with van der Waals surface area (Å²) < 4.78 is 18.6. The number of benzene rings is 2. The Balaban J connectivity index is 1.56. The molecule has 1 unspecified atom stereocenters. The van der Waals surface area contributed by atoms with Gasteiger partial charge in [-0.2, -0.15) is 0 Å². The average molecular weight is 678 g/mol. The molecule has 3 amide bonds. The van der Waals surface area contributed by atoms with Crippen LogP contribution < -0.4 is 20.7 Å². The van der Waals surface area contributed by atoms with Crippen LogP contribution in [0.3, 0.4) is 0 Å². The lowest BCUT2D eigenvalue weighted by Crippen LogP contribution is -2.49. The van der Waals surface area contributed by atoms with Crippen molar-refractivity contribution in [3.05, 3.63) is 107 Å². The van der Waals surface area contributed by atoms with Crippen molar-refractivity contribution in [1.29, 1.82) is 0 Å². The molecule has 0 fully saturated rings. The Kier molecular flexibility index (Phi) is 12.7. The van der Waals surface area contributed by atoms with E-state index in [-0.39, 0.29) is 41.7 Å². The first kappa shape index (κ1) is 35.4. The minimum atomic E-state index is -0.858. The van der Waals surface area contributed by atoms with E-state index in [1.165, 1.54) is 24.2 Å². The van der Waals surface area contributed by atoms with E-state index in [0.717, 1.165) is 10.5 Å². The predicted octanol–water partition coefficient (Wildman–Crippen LogP) is 6.21. The second-order valence-electron chi connectivity index (χ2n) is 11.1. The fourth-order valence-electron chi connectivity index (χ4n) is 4.28. The first-order valence-corrected chi connectivity index (χ1v) is 16.2. The minimum Gasteiger partial charge on any atom is -0.490 e. The zero-order valence-corrected chi connectivity index (χ0v) is 27.9. The number of thioether (sulfide) groups is 1. The molecule has 0 bridgehead atoms. The van der Waals surface area contributed by atoms with E-state index in [9.17, 15) is 14.4 Å². The molecule has 2 heterocycles. The number of ether oxygens (including phenoxy) is 3. The summed E-state index contributed by atoms with van der Waals surface area (Å²) in [6.07, 6.45) is 3.68. The van der Waals surface area contributed by atoms with Crippen LogP contribution in [0.15, 0.2) is 90.1 Å². The highest BCUT2D eigenvalue weighted by Gasteiger charge is 2.29. The fourth-order valence-corrected chi connectivity index (χ4v) is 4.82. The molecule has 0 radical (unpaired) electrons. The third-order valence-electron chi connectivity index (χ3n) is 6.43. The maximum atomic E-state index is 13.7. The number of carbonyl (C=O) groups excluding carboxylic acids is 3. The third-order valence-corrected chi connectivity index (χ3v) is 7.38. The van der Waals surface area contributed by atoms with E-state index in [1.807, 2.05) is 57.4 Å². The lowest BCUT2D eigenvalue weighted by atomic mass is 10.1. The number of anilines is 2. The molecule has 0 aliphatic heterocycles. The standard InChI is InChI=1S/C34H36ClN5O6S/c1-34(2,3)46-33(38-21-41)28(44-19-22-9-6-5-7-10-22)20-45-27-17-24(47-4)13-14-25(27)31(42)39-26-11-8-16-36-30(26)32(43)40-29-15-12-23(35)18-37-29/h5-18,21,28,33H,19-20H2,1-4H3,(H,38,41)(H,39,42)(H,37,40,43)/t28-,33?/m0/s1. The number of hydrogen-bond acceptors (Lipinski definition) is 9. The van der Waals surface area contributed by atoms with Crippen molar-refractivity contribution in [2.75, 3.05) is 23.5 Å². The quantitative estimate of drug-likeness (QED) is 0.0761. The average Bonchev–Trinajstić information content (AvgIpc) is 3.05. The number of nitrogens with one attached hydrogen (secondary N) is 3. The molecule has 2 atom stereocenters. The van der Waals surface area contributed by atoms with Gasteiger partial charge in [-0.15, -0.1) is 11.8 Å². The van der Waals surface area contributed by atoms with Gasteiger partial charge in [0.25, 0.3) is 11.8 Å². The number of hydrogen-bond donors (Lipinski definition) is 3. The van der Waals surface area contributed by atoms with Crippen LogP contribution >= 0.6 is 23.4 Å². The van der Waals surface area contributed by atoms with Gasteiger partial charge in [-0.1, -0.05) is 41.9 Å². The molecule has 0 aliphatic carbocycles. The molecule has 0 saturated carbocycles. The predicted molar refractivity (Wildman–Crippen MR) is 182 cm³/mol. The van der Waals surface area contributed by atoms with Gasteiger partial charge in [0.2, 0.25) is 6.41 Å². The molecule has 2 aromatic heterocycles. The minimum absolute atomic E-state index is 0.0164. The van der Waals surface area contributed by atoms with Gasteiger partial charge in [0.05, 0.1) is 28.5 Å². The molecular formula is C34H36ClN5O6S. The number of aromatic nitrogens is 2.